The third-order valence-corrected chi connectivity index (χ3v) is 14.2. The van der Waals surface area contributed by atoms with Crippen LogP contribution in [0.4, 0.5) is 0 Å². The molecule has 8 aliphatic rings. The van der Waals surface area contributed by atoms with E-state index in [9.17, 15) is 20.1 Å². The summed E-state index contributed by atoms with van der Waals surface area (Å²) in [6, 6.07) is 4.34. The van der Waals surface area contributed by atoms with Crippen molar-refractivity contribution in [3.8, 4) is 23.3 Å². The second-order valence-corrected chi connectivity index (χ2v) is 17.8. The molecule has 13 atom stereocenters. The smallest absolute Gasteiger partial charge is 0.302 e. The van der Waals surface area contributed by atoms with Crippen molar-refractivity contribution < 1.29 is 29.6 Å². The van der Waals surface area contributed by atoms with Crippen LogP contribution in [0.3, 0.4) is 0 Å². The zero-order valence-corrected chi connectivity index (χ0v) is 32.1. The summed E-state index contributed by atoms with van der Waals surface area (Å²) in [7, 11) is 0. The summed E-state index contributed by atoms with van der Waals surface area (Å²) < 4.78 is 12.6. The minimum atomic E-state index is -0.706. The van der Waals surface area contributed by atoms with E-state index in [1.807, 2.05) is 6.07 Å². The molecule has 0 radical (unpaired) electrons. The Morgan fingerprint density at radius 2 is 2.00 bits per heavy atom. The number of aromatic hydroxyl groups is 1. The summed E-state index contributed by atoms with van der Waals surface area (Å²) in [5.74, 6) is 9.54. The third kappa shape index (κ3) is 8.22. The Morgan fingerprint density at radius 3 is 2.85 bits per heavy atom. The Balaban J connectivity index is 1.22. The summed E-state index contributed by atoms with van der Waals surface area (Å²) in [6.07, 6.45) is 8.58. The van der Waals surface area contributed by atoms with Gasteiger partial charge in [-0.3, -0.25) is 14.6 Å². The van der Waals surface area contributed by atoms with Crippen molar-refractivity contribution in [2.45, 2.75) is 121 Å². The van der Waals surface area contributed by atoms with Crippen LogP contribution in [0.25, 0.3) is 0 Å². The number of piperidine rings is 4. The van der Waals surface area contributed by atoms with Gasteiger partial charge in [0.15, 0.2) is 17.5 Å². The van der Waals surface area contributed by atoms with E-state index < -0.39 is 17.6 Å². The maximum absolute atomic E-state index is 12.7. The van der Waals surface area contributed by atoms with Crippen molar-refractivity contribution in [1.29, 1.82) is 0 Å². The van der Waals surface area contributed by atoms with Gasteiger partial charge in [-0.25, -0.2) is 4.99 Å². The number of aliphatic imine (C=N–C) groups is 1. The van der Waals surface area contributed by atoms with Crippen molar-refractivity contribution in [3.05, 3.63) is 23.3 Å². The Hall–Kier alpha value is -3.08. The summed E-state index contributed by atoms with van der Waals surface area (Å²) in [5, 5.41) is 40.7. The van der Waals surface area contributed by atoms with Crippen LogP contribution in [0.2, 0.25) is 0 Å². The van der Waals surface area contributed by atoms with Crippen LogP contribution in [0.1, 0.15) is 88.7 Å². The van der Waals surface area contributed by atoms with E-state index in [4.69, 9.17) is 20.2 Å². The van der Waals surface area contributed by atoms with Gasteiger partial charge in [0.25, 0.3) is 0 Å². The molecule has 1 aromatic carbocycles. The summed E-state index contributed by atoms with van der Waals surface area (Å²) in [4.78, 5) is 22.8. The monoisotopic (exact) mass is 746 g/mol. The molecule has 54 heavy (non-hydrogen) atoms. The fourth-order valence-corrected chi connectivity index (χ4v) is 11.5. The Kier molecular flexibility index (Phi) is 11.3. The lowest BCUT2D eigenvalue weighted by molar-refractivity contribution is -0.152. The molecule has 12 nitrogen and oxygen atoms in total. The molecule has 7 N–H and O–H groups in total. The number of ether oxygens (including phenoxy) is 2. The Morgan fingerprint density at radius 1 is 1.11 bits per heavy atom. The number of aliphatic hydroxyl groups is 2. The van der Waals surface area contributed by atoms with E-state index in [-0.39, 0.29) is 42.3 Å². The number of nitrogens with zero attached hydrogens (tertiary/aromatic N) is 3. The van der Waals surface area contributed by atoms with Gasteiger partial charge in [0.05, 0.1) is 24.8 Å². The lowest BCUT2D eigenvalue weighted by Crippen LogP contribution is -2.61. The number of hydrogen-bond acceptors (Lipinski definition) is 12. The molecule has 10 bridgehead atoms. The van der Waals surface area contributed by atoms with Crippen LogP contribution in [0.5, 0.6) is 11.5 Å². The second kappa shape index (κ2) is 16.2. The summed E-state index contributed by atoms with van der Waals surface area (Å²) >= 11 is 0. The number of aliphatic hydroxyl groups excluding tert-OH is 2. The topological polar surface area (TPSA) is 165 Å². The van der Waals surface area contributed by atoms with Crippen LogP contribution in [-0.2, 0) is 22.6 Å². The van der Waals surface area contributed by atoms with E-state index in [1.54, 1.807) is 6.07 Å². The van der Waals surface area contributed by atoms with Crippen LogP contribution >= 0.6 is 0 Å². The summed E-state index contributed by atoms with van der Waals surface area (Å²) in [6.45, 7) is 7.45. The quantitative estimate of drug-likeness (QED) is 0.195. The highest BCUT2D eigenvalue weighted by atomic mass is 16.5. The van der Waals surface area contributed by atoms with E-state index >= 15 is 0 Å². The summed E-state index contributed by atoms with van der Waals surface area (Å²) in [5.41, 5.74) is 7.60. The normalized spacial score (nSPS) is 40.9. The number of phenols is 1. The van der Waals surface area contributed by atoms with Crippen LogP contribution in [0.15, 0.2) is 17.1 Å². The molecule has 9 rings (SSSR count). The SMILES string of the molecule is CC(=O)O[C@H]1C[C@@H](O)CC[C@@]2(C#C[C@@H]3CCC[C@@H]4C[C@H](CCN4)Oc4cc(c(CO)cc4O)C[C@H]31)CNC(N)=NCN1C[C@@H]3C[C@H](C1)[C@@H]1CC[C@H]2CN1C3. The number of nitrogens with two attached hydrogens (primary N) is 1. The number of fused-ring (bicyclic) bond motifs is 9. The van der Waals surface area contributed by atoms with Crippen molar-refractivity contribution in [3.63, 3.8) is 0 Å². The lowest BCUT2D eigenvalue weighted by atomic mass is 9.64. The minimum Gasteiger partial charge on any atom is -0.504 e. The molecule has 4 fully saturated rings. The zero-order chi connectivity index (χ0) is 37.4. The highest BCUT2D eigenvalue weighted by Gasteiger charge is 2.48. The van der Waals surface area contributed by atoms with Gasteiger partial charge >= 0.3 is 5.97 Å². The highest BCUT2D eigenvalue weighted by molar-refractivity contribution is 5.77. The average molecular weight is 747 g/mol. The Labute approximate surface area is 320 Å². The molecule has 7 aliphatic heterocycles. The lowest BCUT2D eigenvalue weighted by Gasteiger charge is -2.55. The van der Waals surface area contributed by atoms with Crippen molar-refractivity contribution in [1.82, 2.24) is 20.4 Å². The Bertz CT molecular complexity index is 1610. The molecular weight excluding hydrogens is 684 g/mol. The molecule has 0 saturated carbocycles. The first-order chi connectivity index (χ1) is 26.1. The highest BCUT2D eigenvalue weighted by Crippen LogP contribution is 2.46. The molecule has 7 heterocycles. The van der Waals surface area contributed by atoms with Gasteiger partial charge in [-0.1, -0.05) is 18.3 Å². The van der Waals surface area contributed by atoms with Crippen molar-refractivity contribution >= 4 is 11.9 Å². The first-order valence-corrected chi connectivity index (χ1v) is 20.9. The van der Waals surface area contributed by atoms with E-state index in [0.717, 1.165) is 83.2 Å². The van der Waals surface area contributed by atoms with Crippen molar-refractivity contribution in [2.24, 2.45) is 45.7 Å². The number of hydrogen-bond donors (Lipinski definition) is 6. The van der Waals surface area contributed by atoms with Gasteiger partial charge in [-0.2, -0.15) is 0 Å². The molecule has 4 saturated heterocycles. The largest absolute Gasteiger partial charge is 0.504 e. The van der Waals surface area contributed by atoms with Crippen LogP contribution < -0.4 is 21.1 Å². The zero-order valence-electron chi connectivity index (χ0n) is 32.1. The number of benzene rings is 1. The van der Waals surface area contributed by atoms with Gasteiger partial charge in [0, 0.05) is 70.0 Å². The number of nitrogens with one attached hydrogen (secondary N) is 2. The third-order valence-electron chi connectivity index (χ3n) is 14.2. The van der Waals surface area contributed by atoms with Gasteiger partial charge in [-0.05, 0) is 112 Å². The molecule has 1 spiro atoms. The van der Waals surface area contributed by atoms with Crippen molar-refractivity contribution in [2.75, 3.05) is 45.9 Å². The van der Waals surface area contributed by atoms with Crippen LogP contribution in [-0.4, -0.2) is 113 Å². The standard InChI is InChI=1S/C42H62N6O6/c1-26(50)53-39-18-34(51)8-11-42(24-45-41(43)46-25-47-19-27-13-30(21-47)37-6-5-32(42)22-48(37)20-27)10-7-28-3-2-4-33-17-35(9-12-44-33)54-40-16-29(14-36(28)39)31(23-49)15-38(40)52/h15-16,27-28,30,32-37,39,44,49,51-52H,2-6,8-9,11-14,17-25H2,1H3,(H3,43,45,46)/t27-,28-,30+,32-,33+,34-,35-,36+,37-,39-,42-/m0/s1. The predicted octanol–water partition coefficient (Wildman–Crippen LogP) is 2.72. The number of guanidine groups is 1. The fourth-order valence-electron chi connectivity index (χ4n) is 11.5. The molecule has 0 aromatic heterocycles. The van der Waals surface area contributed by atoms with Gasteiger partial charge in [0.1, 0.15) is 12.2 Å². The molecule has 296 valence electrons. The molecule has 1 aliphatic carbocycles. The maximum atomic E-state index is 12.7. The van der Waals surface area contributed by atoms with Crippen LogP contribution in [0, 0.1) is 46.8 Å². The number of carbonyl (C=O) groups is 1. The number of rotatable bonds is 2. The molecule has 0 amide bonds. The first kappa shape index (κ1) is 37.8. The predicted molar refractivity (Wildman–Crippen MR) is 205 cm³/mol. The van der Waals surface area contributed by atoms with Gasteiger partial charge in [0.2, 0.25) is 0 Å². The number of carbonyl (C=O) groups excluding carboxylic acids is 1. The van der Waals surface area contributed by atoms with Gasteiger partial charge in [-0.15, -0.1) is 0 Å². The second-order valence-electron chi connectivity index (χ2n) is 17.8. The number of phenolic OH excluding ortho intramolecular Hbond substituents is 1. The average Bonchev–Trinajstić information content (AvgIpc) is 3.16. The molecule has 12 heteroatoms. The molecule has 1 aromatic rings. The number of esters is 1. The molecule has 2 unspecified atom stereocenters. The molecular formula is C42H62N6O6. The van der Waals surface area contributed by atoms with E-state index in [2.05, 4.69) is 32.3 Å². The maximum Gasteiger partial charge on any atom is 0.302 e. The minimum absolute atomic E-state index is 0.0154. The fraction of sp³-hybridized carbons (Fsp3) is 0.762. The van der Waals surface area contributed by atoms with E-state index in [1.165, 1.54) is 13.3 Å². The van der Waals surface area contributed by atoms with Gasteiger partial charge < -0.3 is 41.2 Å². The first-order valence-electron chi connectivity index (χ1n) is 20.9. The van der Waals surface area contributed by atoms with E-state index in [0.29, 0.717) is 80.0 Å².